The predicted molar refractivity (Wildman–Crippen MR) is 73.9 cm³/mol. The molecular formula is C13H11ClFN3O2. The van der Waals surface area contributed by atoms with Gasteiger partial charge in [0.25, 0.3) is 0 Å². The van der Waals surface area contributed by atoms with Gasteiger partial charge >= 0.3 is 5.97 Å². The fraction of sp³-hybridized carbons (Fsp3) is 0.0769. The molecule has 0 spiro atoms. The van der Waals surface area contributed by atoms with Crippen molar-refractivity contribution in [2.45, 2.75) is 6.54 Å². The Balaban J connectivity index is 2.63. The van der Waals surface area contributed by atoms with Crippen molar-refractivity contribution in [2.24, 2.45) is 5.73 Å². The van der Waals surface area contributed by atoms with Crippen molar-refractivity contribution in [3.8, 4) is 11.3 Å². The molecule has 1 heterocycles. The maximum Gasteiger partial charge on any atom is 0.356 e. The fourth-order valence-electron chi connectivity index (χ4n) is 1.69. The number of benzene rings is 1. The van der Waals surface area contributed by atoms with Crippen LogP contribution in [0.4, 0.5) is 10.1 Å². The Morgan fingerprint density at radius 2 is 1.95 bits per heavy atom. The van der Waals surface area contributed by atoms with E-state index < -0.39 is 28.2 Å². The molecule has 0 bridgehead atoms. The highest BCUT2D eigenvalue weighted by atomic mass is 35.5. The van der Waals surface area contributed by atoms with Gasteiger partial charge in [0.1, 0.15) is 5.69 Å². The number of aromatic carboxylic acids is 1. The van der Waals surface area contributed by atoms with E-state index in [1.165, 1.54) is 0 Å². The summed E-state index contributed by atoms with van der Waals surface area (Å²) in [6.45, 7) is 0.347. The van der Waals surface area contributed by atoms with Gasteiger partial charge in [0.15, 0.2) is 11.5 Å². The van der Waals surface area contributed by atoms with Crippen LogP contribution in [0, 0.1) is 5.82 Å². The molecule has 0 atom stereocenters. The fourth-order valence-corrected chi connectivity index (χ4v) is 1.90. The molecule has 2 rings (SSSR count). The molecule has 7 heteroatoms. The van der Waals surface area contributed by atoms with Crippen molar-refractivity contribution in [1.82, 2.24) is 4.98 Å². The number of nitrogens with two attached hydrogens (primary N) is 2. The molecule has 0 saturated heterocycles. The lowest BCUT2D eigenvalue weighted by Gasteiger charge is -2.09. The second kappa shape index (κ2) is 5.44. The average molecular weight is 296 g/mol. The second-order valence-electron chi connectivity index (χ2n) is 4.06. The van der Waals surface area contributed by atoms with Gasteiger partial charge in [-0.25, -0.2) is 14.2 Å². The summed E-state index contributed by atoms with van der Waals surface area (Å²) in [4.78, 5) is 14.8. The van der Waals surface area contributed by atoms with Gasteiger partial charge in [-0.2, -0.15) is 0 Å². The molecule has 0 aliphatic carbocycles. The number of anilines is 1. The topological polar surface area (TPSA) is 102 Å². The average Bonchev–Trinajstić information content (AvgIpc) is 2.45. The smallest absolute Gasteiger partial charge is 0.356 e. The molecule has 5 N–H and O–H groups in total. The molecule has 0 fully saturated rings. The van der Waals surface area contributed by atoms with Crippen LogP contribution in [0.2, 0.25) is 5.02 Å². The minimum absolute atomic E-state index is 0.159. The van der Waals surface area contributed by atoms with Gasteiger partial charge in [0, 0.05) is 12.1 Å². The van der Waals surface area contributed by atoms with E-state index in [1.807, 2.05) is 0 Å². The van der Waals surface area contributed by atoms with Gasteiger partial charge in [0.2, 0.25) is 0 Å². The Labute approximate surface area is 119 Å². The Morgan fingerprint density at radius 1 is 1.35 bits per heavy atom. The van der Waals surface area contributed by atoms with Crippen molar-refractivity contribution in [3.05, 3.63) is 46.4 Å². The van der Waals surface area contributed by atoms with E-state index in [4.69, 9.17) is 28.2 Å². The molecule has 0 saturated carbocycles. The Bertz CT molecular complexity index is 674. The quantitative estimate of drug-likeness (QED) is 0.806. The van der Waals surface area contributed by atoms with Gasteiger partial charge in [-0.15, -0.1) is 0 Å². The molecular weight excluding hydrogens is 285 g/mol. The summed E-state index contributed by atoms with van der Waals surface area (Å²) in [6, 6.07) is 6.57. The van der Waals surface area contributed by atoms with E-state index in [-0.39, 0.29) is 5.69 Å². The molecule has 1 aromatic carbocycles. The Hall–Kier alpha value is -2.18. The molecule has 0 radical (unpaired) electrons. The van der Waals surface area contributed by atoms with Crippen molar-refractivity contribution < 1.29 is 14.3 Å². The number of hydrogen-bond acceptors (Lipinski definition) is 4. The third kappa shape index (κ3) is 2.43. The summed E-state index contributed by atoms with van der Waals surface area (Å²) >= 11 is 5.68. The molecule has 20 heavy (non-hydrogen) atoms. The largest absolute Gasteiger partial charge is 0.476 e. The minimum atomic E-state index is -1.37. The van der Waals surface area contributed by atoms with E-state index in [0.717, 1.165) is 5.56 Å². The van der Waals surface area contributed by atoms with Crippen molar-refractivity contribution in [3.63, 3.8) is 0 Å². The first-order chi connectivity index (χ1) is 9.45. The summed E-state index contributed by atoms with van der Waals surface area (Å²) in [5, 5.41) is 8.59. The number of halogens is 2. The number of nitrogens with zero attached hydrogens (tertiary/aromatic N) is 1. The van der Waals surface area contributed by atoms with Gasteiger partial charge in [-0.3, -0.25) is 0 Å². The number of carboxylic acids is 1. The molecule has 0 amide bonds. The monoisotopic (exact) mass is 295 g/mol. The molecule has 104 valence electrons. The summed E-state index contributed by atoms with van der Waals surface area (Å²) in [5.74, 6) is -2.22. The number of pyridine rings is 1. The summed E-state index contributed by atoms with van der Waals surface area (Å²) in [7, 11) is 0. The van der Waals surface area contributed by atoms with Crippen LogP contribution in [0.15, 0.2) is 24.3 Å². The SMILES string of the molecule is NCc1ccc(-c2nc(C(=O)O)c(Cl)c(N)c2F)cc1. The zero-order valence-electron chi connectivity index (χ0n) is 10.2. The lowest BCUT2D eigenvalue weighted by molar-refractivity contribution is 0.0691. The van der Waals surface area contributed by atoms with Gasteiger partial charge in [-0.05, 0) is 5.56 Å². The third-order valence-corrected chi connectivity index (χ3v) is 3.16. The number of aromatic nitrogens is 1. The third-order valence-electron chi connectivity index (χ3n) is 2.78. The second-order valence-corrected chi connectivity index (χ2v) is 4.43. The number of carboxylic acid groups (broad SMARTS) is 1. The summed E-state index contributed by atoms with van der Waals surface area (Å²) < 4.78 is 14.1. The highest BCUT2D eigenvalue weighted by molar-refractivity contribution is 6.35. The maximum absolute atomic E-state index is 14.1. The van der Waals surface area contributed by atoms with Crippen LogP contribution in [0.25, 0.3) is 11.3 Å². The minimum Gasteiger partial charge on any atom is -0.476 e. The van der Waals surface area contributed by atoms with Crippen molar-refractivity contribution in [2.75, 3.05) is 5.73 Å². The van der Waals surface area contributed by atoms with Crippen LogP contribution in [-0.4, -0.2) is 16.1 Å². The lowest BCUT2D eigenvalue weighted by Crippen LogP contribution is -2.08. The van der Waals surface area contributed by atoms with Crippen LogP contribution < -0.4 is 11.5 Å². The molecule has 0 aliphatic heterocycles. The Kier molecular flexibility index (Phi) is 3.87. The van der Waals surface area contributed by atoms with Crippen molar-refractivity contribution >= 4 is 23.3 Å². The number of carbonyl (C=O) groups is 1. The van der Waals surface area contributed by atoms with Crippen LogP contribution in [-0.2, 0) is 6.54 Å². The van der Waals surface area contributed by atoms with Crippen LogP contribution in [0.5, 0.6) is 0 Å². The van der Waals surface area contributed by atoms with E-state index >= 15 is 0 Å². The van der Waals surface area contributed by atoms with Crippen molar-refractivity contribution in [1.29, 1.82) is 0 Å². The highest BCUT2D eigenvalue weighted by Gasteiger charge is 2.21. The molecule has 0 aliphatic rings. The number of hydrogen-bond donors (Lipinski definition) is 3. The van der Waals surface area contributed by atoms with Gasteiger partial charge < -0.3 is 16.6 Å². The van der Waals surface area contributed by atoms with Crippen LogP contribution >= 0.6 is 11.6 Å². The number of nitrogen functional groups attached to an aromatic ring is 1. The predicted octanol–water partition coefficient (Wildman–Crippen LogP) is 2.28. The molecule has 0 unspecified atom stereocenters. The Morgan fingerprint density at radius 3 is 2.45 bits per heavy atom. The lowest BCUT2D eigenvalue weighted by atomic mass is 10.1. The number of rotatable bonds is 3. The summed E-state index contributed by atoms with van der Waals surface area (Å²) in [6.07, 6.45) is 0. The maximum atomic E-state index is 14.1. The molecule has 2 aromatic rings. The van der Waals surface area contributed by atoms with E-state index in [0.29, 0.717) is 12.1 Å². The first kappa shape index (κ1) is 14.2. The van der Waals surface area contributed by atoms with E-state index in [2.05, 4.69) is 4.98 Å². The first-order valence-corrected chi connectivity index (χ1v) is 6.00. The van der Waals surface area contributed by atoms with E-state index in [1.54, 1.807) is 24.3 Å². The van der Waals surface area contributed by atoms with Crippen LogP contribution in [0.1, 0.15) is 16.1 Å². The van der Waals surface area contributed by atoms with Crippen LogP contribution in [0.3, 0.4) is 0 Å². The van der Waals surface area contributed by atoms with Gasteiger partial charge in [-0.1, -0.05) is 35.9 Å². The molecule has 1 aromatic heterocycles. The first-order valence-electron chi connectivity index (χ1n) is 5.62. The standard InChI is InChI=1S/C13H11ClFN3O2/c14-8-10(17)9(15)11(18-12(8)13(19)20)7-3-1-6(5-16)2-4-7/h1-4H,5,16H2,(H2,17,18)(H,19,20). The molecule has 5 nitrogen and oxygen atoms in total. The van der Waals surface area contributed by atoms with E-state index in [9.17, 15) is 9.18 Å². The highest BCUT2D eigenvalue weighted by Crippen LogP contribution is 2.32. The van der Waals surface area contributed by atoms with Gasteiger partial charge in [0.05, 0.1) is 10.7 Å². The zero-order valence-corrected chi connectivity index (χ0v) is 11.0. The summed E-state index contributed by atoms with van der Waals surface area (Å²) in [5.41, 5.74) is 11.1. The zero-order chi connectivity index (χ0) is 14.9. The normalized spacial score (nSPS) is 10.6.